The van der Waals surface area contributed by atoms with Crippen molar-refractivity contribution >= 4 is 5.91 Å². The first-order valence-electron chi connectivity index (χ1n) is 6.81. The molecule has 0 aliphatic heterocycles. The molecule has 0 aliphatic carbocycles. The van der Waals surface area contributed by atoms with Crippen molar-refractivity contribution in [1.82, 2.24) is 9.78 Å². The van der Waals surface area contributed by atoms with Crippen LogP contribution in [0.4, 0.5) is 0 Å². The number of rotatable bonds is 4. The van der Waals surface area contributed by atoms with E-state index in [0.717, 1.165) is 34.7 Å². The van der Waals surface area contributed by atoms with Crippen LogP contribution in [0.3, 0.4) is 0 Å². The number of aromatic nitrogens is 2. The van der Waals surface area contributed by atoms with Crippen molar-refractivity contribution in [2.24, 2.45) is 0 Å². The minimum absolute atomic E-state index is 0.00400. The van der Waals surface area contributed by atoms with Gasteiger partial charge in [0.25, 0.3) is 5.91 Å². The number of benzene rings is 1. The summed E-state index contributed by atoms with van der Waals surface area (Å²) in [5.41, 5.74) is 3.97. The monoisotopic (exact) mass is 272 g/mol. The molecule has 2 rings (SSSR count). The summed E-state index contributed by atoms with van der Waals surface area (Å²) in [7, 11) is 0. The van der Waals surface area contributed by atoms with Crippen molar-refractivity contribution < 1.29 is 9.53 Å². The molecule has 0 atom stereocenters. The highest BCUT2D eigenvalue weighted by molar-refractivity contribution is 5.80. The van der Waals surface area contributed by atoms with Gasteiger partial charge in [-0.05, 0) is 44.4 Å². The van der Waals surface area contributed by atoms with Gasteiger partial charge < -0.3 is 4.74 Å². The Bertz CT molecular complexity index is 629. The number of para-hydroxylation sites is 1. The Labute approximate surface area is 119 Å². The SMILES string of the molecule is CCc1c(C)nn(C(=O)COc2ccccc2C)c1C. The molecule has 2 aromatic rings. The van der Waals surface area contributed by atoms with Crippen molar-refractivity contribution in [2.75, 3.05) is 6.61 Å². The maximum atomic E-state index is 12.2. The fourth-order valence-electron chi connectivity index (χ4n) is 2.35. The lowest BCUT2D eigenvalue weighted by Gasteiger charge is -2.08. The van der Waals surface area contributed by atoms with Crippen molar-refractivity contribution in [1.29, 1.82) is 0 Å². The van der Waals surface area contributed by atoms with Crippen LogP contribution in [0.1, 0.15) is 34.2 Å². The topological polar surface area (TPSA) is 44.1 Å². The first kappa shape index (κ1) is 14.3. The number of hydrogen-bond acceptors (Lipinski definition) is 3. The highest BCUT2D eigenvalue weighted by Crippen LogP contribution is 2.17. The third kappa shape index (κ3) is 2.74. The fourth-order valence-corrected chi connectivity index (χ4v) is 2.35. The highest BCUT2D eigenvalue weighted by Gasteiger charge is 2.15. The van der Waals surface area contributed by atoms with E-state index in [-0.39, 0.29) is 12.5 Å². The van der Waals surface area contributed by atoms with Gasteiger partial charge in [-0.3, -0.25) is 4.79 Å². The maximum absolute atomic E-state index is 12.2. The van der Waals surface area contributed by atoms with E-state index in [1.165, 1.54) is 4.68 Å². The van der Waals surface area contributed by atoms with E-state index >= 15 is 0 Å². The smallest absolute Gasteiger partial charge is 0.284 e. The van der Waals surface area contributed by atoms with Gasteiger partial charge in [-0.15, -0.1) is 0 Å². The lowest BCUT2D eigenvalue weighted by molar-refractivity contribution is 0.0817. The molecule has 0 spiro atoms. The molecule has 0 amide bonds. The van der Waals surface area contributed by atoms with Gasteiger partial charge in [0.05, 0.1) is 5.69 Å². The number of ether oxygens (including phenoxy) is 1. The van der Waals surface area contributed by atoms with Gasteiger partial charge in [-0.1, -0.05) is 25.1 Å². The van der Waals surface area contributed by atoms with Crippen LogP contribution in [-0.2, 0) is 6.42 Å². The van der Waals surface area contributed by atoms with E-state index < -0.39 is 0 Å². The molecule has 0 radical (unpaired) electrons. The highest BCUT2D eigenvalue weighted by atomic mass is 16.5. The summed E-state index contributed by atoms with van der Waals surface area (Å²) in [4.78, 5) is 12.2. The summed E-state index contributed by atoms with van der Waals surface area (Å²) in [6.45, 7) is 7.87. The van der Waals surface area contributed by atoms with E-state index in [9.17, 15) is 4.79 Å². The Morgan fingerprint density at radius 2 is 1.95 bits per heavy atom. The van der Waals surface area contributed by atoms with Crippen LogP contribution in [0.15, 0.2) is 24.3 Å². The predicted octanol–water partition coefficient (Wildman–Crippen LogP) is 3.09. The molecule has 0 unspecified atom stereocenters. The molecule has 0 fully saturated rings. The van der Waals surface area contributed by atoms with E-state index in [4.69, 9.17) is 4.74 Å². The molecule has 1 aromatic heterocycles. The first-order chi connectivity index (χ1) is 9.54. The summed E-state index contributed by atoms with van der Waals surface area (Å²) >= 11 is 0. The summed E-state index contributed by atoms with van der Waals surface area (Å²) < 4.78 is 7.03. The second-order valence-electron chi connectivity index (χ2n) is 4.86. The Balaban J connectivity index is 2.12. The summed E-state index contributed by atoms with van der Waals surface area (Å²) in [5.74, 6) is 0.589. The number of carbonyl (C=O) groups excluding carboxylic acids is 1. The lowest BCUT2D eigenvalue weighted by Crippen LogP contribution is -2.22. The molecule has 1 heterocycles. The van der Waals surface area contributed by atoms with E-state index in [0.29, 0.717) is 0 Å². The number of nitrogens with zero attached hydrogens (tertiary/aromatic N) is 2. The molecule has 0 saturated heterocycles. The summed E-state index contributed by atoms with van der Waals surface area (Å²) in [5, 5.41) is 4.30. The second-order valence-corrected chi connectivity index (χ2v) is 4.86. The minimum atomic E-state index is -0.145. The molecule has 106 valence electrons. The van der Waals surface area contributed by atoms with Gasteiger partial charge in [0.1, 0.15) is 5.75 Å². The number of carbonyl (C=O) groups is 1. The number of hydrogen-bond donors (Lipinski definition) is 0. The summed E-state index contributed by atoms with van der Waals surface area (Å²) in [6.07, 6.45) is 0.879. The van der Waals surface area contributed by atoms with E-state index in [1.54, 1.807) is 0 Å². The Kier molecular flexibility index (Phi) is 4.23. The molecule has 1 aromatic carbocycles. The van der Waals surface area contributed by atoms with Crippen LogP contribution in [0, 0.1) is 20.8 Å². The van der Waals surface area contributed by atoms with Crippen LogP contribution in [0.5, 0.6) is 5.75 Å². The predicted molar refractivity (Wildman–Crippen MR) is 78.4 cm³/mol. The fraction of sp³-hybridized carbons (Fsp3) is 0.375. The van der Waals surface area contributed by atoms with Gasteiger partial charge in [0.2, 0.25) is 0 Å². The standard InChI is InChI=1S/C16H20N2O2/c1-5-14-12(3)17-18(13(14)4)16(19)10-20-15-9-7-6-8-11(15)2/h6-9H,5,10H2,1-4H3. The van der Waals surface area contributed by atoms with E-state index in [1.807, 2.05) is 45.0 Å². The molecular weight excluding hydrogens is 252 g/mol. The number of aryl methyl sites for hydroxylation is 2. The molecule has 0 N–H and O–H groups in total. The van der Waals surface area contributed by atoms with Crippen LogP contribution < -0.4 is 4.74 Å². The van der Waals surface area contributed by atoms with E-state index in [2.05, 4.69) is 12.0 Å². The average Bonchev–Trinajstić information content (AvgIpc) is 2.72. The largest absolute Gasteiger partial charge is 0.483 e. The van der Waals surface area contributed by atoms with Crippen molar-refractivity contribution in [2.45, 2.75) is 34.1 Å². The van der Waals surface area contributed by atoms with Crippen LogP contribution in [-0.4, -0.2) is 22.3 Å². The molecular formula is C16H20N2O2. The zero-order valence-electron chi connectivity index (χ0n) is 12.4. The van der Waals surface area contributed by atoms with Crippen LogP contribution in [0.25, 0.3) is 0 Å². The van der Waals surface area contributed by atoms with Gasteiger partial charge in [0.15, 0.2) is 6.61 Å². The maximum Gasteiger partial charge on any atom is 0.284 e. The molecule has 0 aliphatic rings. The summed E-state index contributed by atoms with van der Waals surface area (Å²) in [6, 6.07) is 7.66. The average molecular weight is 272 g/mol. The van der Waals surface area contributed by atoms with Crippen molar-refractivity contribution in [3.8, 4) is 5.75 Å². The van der Waals surface area contributed by atoms with Gasteiger partial charge in [0, 0.05) is 5.69 Å². The molecule has 0 saturated carbocycles. The minimum Gasteiger partial charge on any atom is -0.483 e. The Hall–Kier alpha value is -2.10. The zero-order chi connectivity index (χ0) is 14.7. The quantitative estimate of drug-likeness (QED) is 0.859. The first-order valence-corrected chi connectivity index (χ1v) is 6.81. The normalized spacial score (nSPS) is 10.6. The van der Waals surface area contributed by atoms with Crippen molar-refractivity contribution in [3.05, 3.63) is 46.8 Å². The zero-order valence-corrected chi connectivity index (χ0v) is 12.4. The van der Waals surface area contributed by atoms with Gasteiger partial charge >= 0.3 is 0 Å². The Morgan fingerprint density at radius 3 is 2.55 bits per heavy atom. The van der Waals surface area contributed by atoms with Gasteiger partial charge in [-0.2, -0.15) is 5.10 Å². The molecule has 20 heavy (non-hydrogen) atoms. The molecule has 4 heteroatoms. The molecule has 4 nitrogen and oxygen atoms in total. The third-order valence-electron chi connectivity index (χ3n) is 3.48. The Morgan fingerprint density at radius 1 is 1.25 bits per heavy atom. The van der Waals surface area contributed by atoms with Crippen LogP contribution in [0.2, 0.25) is 0 Å². The van der Waals surface area contributed by atoms with Gasteiger partial charge in [-0.25, -0.2) is 4.68 Å². The second kappa shape index (κ2) is 5.90. The van der Waals surface area contributed by atoms with Crippen molar-refractivity contribution in [3.63, 3.8) is 0 Å². The van der Waals surface area contributed by atoms with Crippen LogP contribution >= 0.6 is 0 Å². The lowest BCUT2D eigenvalue weighted by atomic mass is 10.1. The third-order valence-corrected chi connectivity index (χ3v) is 3.48. The molecule has 0 bridgehead atoms.